The molecule has 0 saturated carbocycles. The molecule has 21 heavy (non-hydrogen) atoms. The molecular weight excluding hydrogens is 268 g/mol. The lowest BCUT2D eigenvalue weighted by molar-refractivity contribution is 0.252. The Morgan fingerprint density at radius 2 is 2.19 bits per heavy atom. The van der Waals surface area contributed by atoms with Crippen LogP contribution in [0.15, 0.2) is 36.7 Å². The van der Waals surface area contributed by atoms with Gasteiger partial charge < -0.3 is 10.3 Å². The second kappa shape index (κ2) is 5.58. The summed E-state index contributed by atoms with van der Waals surface area (Å²) >= 11 is 0. The van der Waals surface area contributed by atoms with Crippen LogP contribution in [0.1, 0.15) is 6.92 Å². The lowest BCUT2D eigenvalue weighted by Gasteiger charge is -2.06. The fourth-order valence-corrected chi connectivity index (χ4v) is 1.91. The molecule has 106 valence electrons. The van der Waals surface area contributed by atoms with E-state index in [1.165, 1.54) is 0 Å². The molecule has 0 bridgehead atoms. The predicted octanol–water partition coefficient (Wildman–Crippen LogP) is 2.16. The number of rotatable bonds is 3. The van der Waals surface area contributed by atoms with Gasteiger partial charge in [0.2, 0.25) is 0 Å². The third-order valence-corrected chi connectivity index (χ3v) is 2.86. The molecule has 0 atom stereocenters. The van der Waals surface area contributed by atoms with E-state index in [1.54, 1.807) is 18.3 Å². The zero-order valence-electron chi connectivity index (χ0n) is 11.4. The van der Waals surface area contributed by atoms with E-state index in [2.05, 4.69) is 30.6 Å². The molecule has 0 radical (unpaired) electrons. The molecule has 0 aliphatic carbocycles. The molecule has 2 amide bonds. The molecule has 3 rings (SSSR count). The maximum Gasteiger partial charge on any atom is 0.320 e. The van der Waals surface area contributed by atoms with Gasteiger partial charge in [0.25, 0.3) is 0 Å². The van der Waals surface area contributed by atoms with Gasteiger partial charge in [0, 0.05) is 12.7 Å². The minimum atomic E-state index is -0.294. The van der Waals surface area contributed by atoms with Crippen molar-refractivity contribution < 1.29 is 4.79 Å². The lowest BCUT2D eigenvalue weighted by Crippen LogP contribution is -2.28. The van der Waals surface area contributed by atoms with Crippen LogP contribution >= 0.6 is 0 Å². The molecule has 0 unspecified atom stereocenters. The van der Waals surface area contributed by atoms with Crippen molar-refractivity contribution in [2.24, 2.45) is 0 Å². The van der Waals surface area contributed by atoms with Gasteiger partial charge in [-0.2, -0.15) is 0 Å². The number of urea groups is 1. The van der Waals surface area contributed by atoms with Crippen LogP contribution < -0.4 is 10.6 Å². The highest BCUT2D eigenvalue weighted by Crippen LogP contribution is 2.17. The minimum absolute atomic E-state index is 0.294. The SMILES string of the molecule is CCNC(=O)Nc1ccc2ncc(-c3ccc[nH]3)nc2n1. The number of hydrogen-bond acceptors (Lipinski definition) is 4. The number of H-pyrrole nitrogens is 1. The van der Waals surface area contributed by atoms with Gasteiger partial charge in [0.15, 0.2) is 5.65 Å². The summed E-state index contributed by atoms with van der Waals surface area (Å²) in [6, 6.07) is 6.97. The van der Waals surface area contributed by atoms with E-state index in [9.17, 15) is 4.79 Å². The number of aromatic amines is 1. The van der Waals surface area contributed by atoms with Crippen LogP contribution in [-0.2, 0) is 0 Å². The number of carbonyl (C=O) groups is 1. The number of pyridine rings is 1. The van der Waals surface area contributed by atoms with Crippen molar-refractivity contribution in [2.75, 3.05) is 11.9 Å². The fraction of sp³-hybridized carbons (Fsp3) is 0.143. The van der Waals surface area contributed by atoms with Gasteiger partial charge in [-0.25, -0.2) is 14.8 Å². The van der Waals surface area contributed by atoms with Crippen molar-refractivity contribution in [2.45, 2.75) is 6.92 Å². The number of hydrogen-bond donors (Lipinski definition) is 3. The summed E-state index contributed by atoms with van der Waals surface area (Å²) in [6.07, 6.45) is 3.51. The highest BCUT2D eigenvalue weighted by molar-refractivity contribution is 5.89. The topological polar surface area (TPSA) is 95.6 Å². The maximum atomic E-state index is 11.5. The van der Waals surface area contributed by atoms with Crippen molar-refractivity contribution in [3.8, 4) is 11.4 Å². The average molecular weight is 282 g/mol. The largest absolute Gasteiger partial charge is 0.360 e. The smallest absolute Gasteiger partial charge is 0.320 e. The first kappa shape index (κ1) is 13.0. The summed E-state index contributed by atoms with van der Waals surface area (Å²) in [4.78, 5) is 27.7. The first-order valence-corrected chi connectivity index (χ1v) is 6.58. The van der Waals surface area contributed by atoms with Gasteiger partial charge in [-0.15, -0.1) is 0 Å². The Bertz CT molecular complexity index is 768. The quantitative estimate of drug-likeness (QED) is 0.686. The number of nitrogens with one attached hydrogen (secondary N) is 3. The Morgan fingerprint density at radius 1 is 1.29 bits per heavy atom. The first-order valence-electron chi connectivity index (χ1n) is 6.58. The number of fused-ring (bicyclic) bond motifs is 1. The summed E-state index contributed by atoms with van der Waals surface area (Å²) < 4.78 is 0. The van der Waals surface area contributed by atoms with Gasteiger partial charge in [-0.05, 0) is 31.2 Å². The second-order valence-electron chi connectivity index (χ2n) is 4.36. The van der Waals surface area contributed by atoms with Crippen LogP contribution in [0.3, 0.4) is 0 Å². The molecule has 7 nitrogen and oxygen atoms in total. The Balaban J connectivity index is 1.94. The van der Waals surface area contributed by atoms with Crippen molar-refractivity contribution in [3.63, 3.8) is 0 Å². The summed E-state index contributed by atoms with van der Waals surface area (Å²) in [7, 11) is 0. The summed E-state index contributed by atoms with van der Waals surface area (Å²) in [6.45, 7) is 2.40. The zero-order chi connectivity index (χ0) is 14.7. The van der Waals surface area contributed by atoms with Crippen LogP contribution in [0.5, 0.6) is 0 Å². The molecule has 3 aromatic rings. The number of anilines is 1. The van der Waals surface area contributed by atoms with E-state index in [0.717, 1.165) is 5.69 Å². The van der Waals surface area contributed by atoms with Crippen LogP contribution in [-0.4, -0.2) is 32.5 Å². The minimum Gasteiger partial charge on any atom is -0.360 e. The Hall–Kier alpha value is -2.96. The number of amides is 2. The highest BCUT2D eigenvalue weighted by Gasteiger charge is 2.07. The third-order valence-electron chi connectivity index (χ3n) is 2.86. The molecule has 0 aliphatic rings. The van der Waals surface area contributed by atoms with E-state index < -0.39 is 0 Å². The average Bonchev–Trinajstić information content (AvgIpc) is 3.01. The standard InChI is InChI=1S/C14H14N6O/c1-2-15-14(21)20-12-6-5-10-13(19-12)18-11(8-17-10)9-4-3-7-16-9/h3-8,16H,2H2,1H3,(H2,15,18,19,20,21). The Labute approximate surface area is 120 Å². The zero-order valence-corrected chi connectivity index (χ0v) is 11.4. The molecule has 0 aromatic carbocycles. The van der Waals surface area contributed by atoms with E-state index in [0.29, 0.717) is 29.2 Å². The van der Waals surface area contributed by atoms with Gasteiger partial charge >= 0.3 is 6.03 Å². The number of nitrogens with zero attached hydrogens (tertiary/aromatic N) is 3. The van der Waals surface area contributed by atoms with Gasteiger partial charge in [0.1, 0.15) is 17.0 Å². The molecule has 3 heterocycles. The van der Waals surface area contributed by atoms with Crippen molar-refractivity contribution in [1.29, 1.82) is 0 Å². The summed E-state index contributed by atoms with van der Waals surface area (Å²) in [5, 5.41) is 5.30. The molecule has 3 aromatic heterocycles. The Kier molecular flexibility index (Phi) is 3.46. The molecule has 0 fully saturated rings. The second-order valence-corrected chi connectivity index (χ2v) is 4.36. The molecule has 0 saturated heterocycles. The monoisotopic (exact) mass is 282 g/mol. The highest BCUT2D eigenvalue weighted by atomic mass is 16.2. The van der Waals surface area contributed by atoms with Crippen LogP contribution in [0.25, 0.3) is 22.6 Å². The van der Waals surface area contributed by atoms with E-state index in [-0.39, 0.29) is 6.03 Å². The fourth-order valence-electron chi connectivity index (χ4n) is 1.91. The normalized spacial score (nSPS) is 10.5. The number of aromatic nitrogens is 4. The van der Waals surface area contributed by atoms with Crippen LogP contribution in [0.4, 0.5) is 10.6 Å². The number of carbonyl (C=O) groups excluding carboxylic acids is 1. The molecule has 7 heteroatoms. The predicted molar refractivity (Wildman–Crippen MR) is 79.8 cm³/mol. The molecular formula is C14H14N6O. The summed E-state index contributed by atoms with van der Waals surface area (Å²) in [5.41, 5.74) is 2.73. The molecule has 3 N–H and O–H groups in total. The van der Waals surface area contributed by atoms with Gasteiger partial charge in [-0.1, -0.05) is 0 Å². The van der Waals surface area contributed by atoms with E-state index in [1.807, 2.05) is 25.3 Å². The third kappa shape index (κ3) is 2.81. The van der Waals surface area contributed by atoms with Crippen LogP contribution in [0.2, 0.25) is 0 Å². The van der Waals surface area contributed by atoms with E-state index >= 15 is 0 Å². The summed E-state index contributed by atoms with van der Waals surface area (Å²) in [5.74, 6) is 0.436. The van der Waals surface area contributed by atoms with Gasteiger partial charge in [-0.3, -0.25) is 10.3 Å². The maximum absolute atomic E-state index is 11.5. The lowest BCUT2D eigenvalue weighted by atomic mass is 10.3. The van der Waals surface area contributed by atoms with E-state index in [4.69, 9.17) is 0 Å². The first-order chi connectivity index (χ1) is 10.3. The van der Waals surface area contributed by atoms with Crippen molar-refractivity contribution in [1.82, 2.24) is 25.3 Å². The molecule has 0 spiro atoms. The van der Waals surface area contributed by atoms with Gasteiger partial charge in [0.05, 0.1) is 11.9 Å². The Morgan fingerprint density at radius 3 is 2.95 bits per heavy atom. The van der Waals surface area contributed by atoms with Crippen molar-refractivity contribution in [3.05, 3.63) is 36.7 Å². The molecule has 0 aliphatic heterocycles. The van der Waals surface area contributed by atoms with Crippen molar-refractivity contribution >= 4 is 23.0 Å². The van der Waals surface area contributed by atoms with Crippen LogP contribution in [0, 0.1) is 0 Å².